The van der Waals surface area contributed by atoms with Gasteiger partial charge in [-0.25, -0.2) is 0 Å². The van der Waals surface area contributed by atoms with E-state index < -0.39 is 0 Å². The lowest BCUT2D eigenvalue weighted by atomic mass is 9.92. The molecule has 1 aliphatic carbocycles. The summed E-state index contributed by atoms with van der Waals surface area (Å²) in [6, 6.07) is 6.39. The molecule has 3 heteroatoms. The zero-order valence-electron chi connectivity index (χ0n) is 13.2. The normalized spacial score (nSPS) is 28.2. The molecule has 2 aliphatic rings. The Kier molecular flexibility index (Phi) is 4.29. The molecule has 0 bridgehead atoms. The number of fused-ring (bicyclic) bond motifs is 1. The van der Waals surface area contributed by atoms with Gasteiger partial charge in [-0.05, 0) is 48.9 Å². The van der Waals surface area contributed by atoms with E-state index in [-0.39, 0.29) is 5.91 Å². The first-order valence-corrected chi connectivity index (χ1v) is 8.35. The van der Waals surface area contributed by atoms with Crippen molar-refractivity contribution in [2.24, 2.45) is 11.8 Å². The molecule has 1 fully saturated rings. The fourth-order valence-electron chi connectivity index (χ4n) is 4.15. The van der Waals surface area contributed by atoms with Gasteiger partial charge >= 0.3 is 0 Å². The summed E-state index contributed by atoms with van der Waals surface area (Å²) < 4.78 is 0. The van der Waals surface area contributed by atoms with Crippen LogP contribution in [0.25, 0.3) is 0 Å². The van der Waals surface area contributed by atoms with Crippen molar-refractivity contribution in [3.63, 3.8) is 0 Å². The summed E-state index contributed by atoms with van der Waals surface area (Å²) in [4.78, 5) is 13.7. The summed E-state index contributed by atoms with van der Waals surface area (Å²) in [5, 5.41) is 3.09. The Morgan fingerprint density at radius 3 is 2.67 bits per heavy atom. The molecule has 1 aromatic carbocycles. The number of nitrogens with one attached hydrogen (secondary N) is 2. The highest BCUT2D eigenvalue weighted by molar-refractivity contribution is 5.91. The van der Waals surface area contributed by atoms with Crippen LogP contribution in [0.4, 0.5) is 5.69 Å². The van der Waals surface area contributed by atoms with E-state index in [0.29, 0.717) is 6.54 Å². The number of amides is 1. The number of likely N-dealkylation sites (tertiary alicyclic amines) is 1. The average Bonchev–Trinajstić information content (AvgIpc) is 2.84. The third kappa shape index (κ3) is 3.65. The first-order chi connectivity index (χ1) is 10.1. The zero-order chi connectivity index (χ0) is 14.8. The predicted octanol–water partition coefficient (Wildman–Crippen LogP) is 1.67. The third-order valence-electron chi connectivity index (χ3n) is 4.87. The van der Waals surface area contributed by atoms with Crippen LogP contribution in [0, 0.1) is 11.8 Å². The number of carbonyl (C=O) groups is 1. The third-order valence-corrected chi connectivity index (χ3v) is 4.87. The number of rotatable bonds is 3. The Morgan fingerprint density at radius 1 is 1.19 bits per heavy atom. The Labute approximate surface area is 127 Å². The molecule has 0 spiro atoms. The van der Waals surface area contributed by atoms with Gasteiger partial charge in [0.15, 0.2) is 6.54 Å². The van der Waals surface area contributed by atoms with Crippen LogP contribution in [0.2, 0.25) is 0 Å². The number of benzene rings is 1. The minimum absolute atomic E-state index is 0.157. The molecule has 0 radical (unpaired) electrons. The Bertz CT molecular complexity index is 516. The molecule has 2 atom stereocenters. The number of hydrogen-bond acceptors (Lipinski definition) is 1. The molecule has 3 nitrogen and oxygen atoms in total. The maximum absolute atomic E-state index is 12.3. The van der Waals surface area contributed by atoms with Gasteiger partial charge in [-0.15, -0.1) is 0 Å². The number of aryl methyl sites for hydroxylation is 2. The minimum atomic E-state index is 0.157. The molecular weight excluding hydrogens is 260 g/mol. The highest BCUT2D eigenvalue weighted by Crippen LogP contribution is 2.24. The molecular formula is C18H27N2O+. The Morgan fingerprint density at radius 2 is 1.90 bits per heavy atom. The molecule has 0 unspecified atom stereocenters. The largest absolute Gasteiger partial charge is 0.327 e. The van der Waals surface area contributed by atoms with Gasteiger partial charge in [-0.2, -0.15) is 0 Å². The fraction of sp³-hybridized carbons (Fsp3) is 0.611. The van der Waals surface area contributed by atoms with Crippen molar-refractivity contribution < 1.29 is 9.69 Å². The van der Waals surface area contributed by atoms with Gasteiger partial charge in [0.05, 0.1) is 13.1 Å². The van der Waals surface area contributed by atoms with E-state index >= 15 is 0 Å². The number of hydrogen-bond donors (Lipinski definition) is 2. The lowest BCUT2D eigenvalue weighted by molar-refractivity contribution is -0.904. The topological polar surface area (TPSA) is 33.5 Å². The van der Waals surface area contributed by atoms with Crippen LogP contribution in [0.1, 0.15) is 37.8 Å². The molecule has 1 aliphatic heterocycles. The maximum Gasteiger partial charge on any atom is 0.279 e. The van der Waals surface area contributed by atoms with E-state index in [4.69, 9.17) is 0 Å². The van der Waals surface area contributed by atoms with Gasteiger partial charge in [0.25, 0.3) is 5.91 Å². The summed E-state index contributed by atoms with van der Waals surface area (Å²) in [5.41, 5.74) is 3.84. The van der Waals surface area contributed by atoms with Crippen molar-refractivity contribution >= 4 is 11.6 Å². The molecule has 3 rings (SSSR count). The van der Waals surface area contributed by atoms with Crippen LogP contribution < -0.4 is 10.2 Å². The lowest BCUT2D eigenvalue weighted by Gasteiger charge is -2.31. The maximum atomic E-state index is 12.3. The van der Waals surface area contributed by atoms with E-state index in [1.54, 1.807) is 0 Å². The Balaban J connectivity index is 1.56. The molecule has 1 heterocycles. The second-order valence-electron chi connectivity index (χ2n) is 7.17. The van der Waals surface area contributed by atoms with E-state index in [0.717, 1.165) is 37.0 Å². The van der Waals surface area contributed by atoms with Gasteiger partial charge < -0.3 is 10.2 Å². The van der Waals surface area contributed by atoms with Crippen molar-refractivity contribution in [2.45, 2.75) is 39.5 Å². The van der Waals surface area contributed by atoms with E-state index in [1.807, 2.05) is 0 Å². The lowest BCUT2D eigenvalue weighted by Crippen LogP contribution is -3.15. The van der Waals surface area contributed by atoms with Crippen molar-refractivity contribution in [3.8, 4) is 0 Å². The molecule has 0 saturated carbocycles. The minimum Gasteiger partial charge on any atom is -0.327 e. The monoisotopic (exact) mass is 287 g/mol. The zero-order valence-corrected chi connectivity index (χ0v) is 13.2. The molecule has 1 amide bonds. The van der Waals surface area contributed by atoms with Crippen molar-refractivity contribution in [1.29, 1.82) is 0 Å². The van der Waals surface area contributed by atoms with Gasteiger partial charge in [-0.1, -0.05) is 19.9 Å². The molecule has 1 aromatic rings. The summed E-state index contributed by atoms with van der Waals surface area (Å²) in [7, 11) is 0. The van der Waals surface area contributed by atoms with Gasteiger partial charge in [-0.3, -0.25) is 4.79 Å². The first-order valence-electron chi connectivity index (χ1n) is 8.35. The van der Waals surface area contributed by atoms with Crippen LogP contribution in [-0.4, -0.2) is 25.5 Å². The molecule has 0 aromatic heterocycles. The number of quaternary nitrogens is 1. The van der Waals surface area contributed by atoms with Crippen molar-refractivity contribution in [2.75, 3.05) is 25.0 Å². The van der Waals surface area contributed by atoms with Crippen LogP contribution in [-0.2, 0) is 17.6 Å². The van der Waals surface area contributed by atoms with E-state index in [1.165, 1.54) is 35.3 Å². The quantitative estimate of drug-likeness (QED) is 0.871. The standard InChI is InChI=1S/C18H26N2O/c1-13-8-14(2)11-20(10-13)12-18(21)19-17-7-6-15-4-3-5-16(15)9-17/h6-7,9,13-14H,3-5,8,10-12H2,1-2H3,(H,19,21)/p+1/t13-,14-/m0/s1. The highest BCUT2D eigenvalue weighted by Gasteiger charge is 2.26. The summed E-state index contributed by atoms with van der Waals surface area (Å²) in [6.45, 7) is 7.46. The van der Waals surface area contributed by atoms with Gasteiger partial charge in [0.1, 0.15) is 0 Å². The number of carbonyl (C=O) groups excluding carboxylic acids is 1. The second kappa shape index (κ2) is 6.18. The second-order valence-corrected chi connectivity index (χ2v) is 7.17. The molecule has 1 saturated heterocycles. The first kappa shape index (κ1) is 14.6. The summed E-state index contributed by atoms with van der Waals surface area (Å²) in [6.07, 6.45) is 4.90. The highest BCUT2D eigenvalue weighted by atomic mass is 16.2. The van der Waals surface area contributed by atoms with Gasteiger partial charge in [0.2, 0.25) is 0 Å². The molecule has 114 valence electrons. The Hall–Kier alpha value is -1.35. The number of piperidine rings is 1. The van der Waals surface area contributed by atoms with Crippen LogP contribution >= 0.6 is 0 Å². The smallest absolute Gasteiger partial charge is 0.279 e. The van der Waals surface area contributed by atoms with E-state index in [9.17, 15) is 4.79 Å². The van der Waals surface area contributed by atoms with Crippen LogP contribution in [0.3, 0.4) is 0 Å². The predicted molar refractivity (Wildman–Crippen MR) is 85.6 cm³/mol. The van der Waals surface area contributed by atoms with Crippen molar-refractivity contribution in [1.82, 2.24) is 0 Å². The summed E-state index contributed by atoms with van der Waals surface area (Å²) in [5.74, 6) is 1.62. The van der Waals surface area contributed by atoms with E-state index in [2.05, 4.69) is 37.4 Å². The average molecular weight is 287 g/mol. The summed E-state index contributed by atoms with van der Waals surface area (Å²) >= 11 is 0. The fourth-order valence-corrected chi connectivity index (χ4v) is 4.15. The van der Waals surface area contributed by atoms with Crippen LogP contribution in [0.15, 0.2) is 18.2 Å². The number of anilines is 1. The molecule has 21 heavy (non-hydrogen) atoms. The molecule has 2 N–H and O–H groups in total. The van der Waals surface area contributed by atoms with Crippen LogP contribution in [0.5, 0.6) is 0 Å². The SMILES string of the molecule is C[C@H]1C[C@H](C)C[NH+](CC(=O)Nc2ccc3c(c2)CCC3)C1. The van der Waals surface area contributed by atoms with Gasteiger partial charge in [0, 0.05) is 17.5 Å². The van der Waals surface area contributed by atoms with Crippen molar-refractivity contribution in [3.05, 3.63) is 29.3 Å².